The molecule has 0 aromatic rings. The molecule has 0 amide bonds. The summed E-state index contributed by atoms with van der Waals surface area (Å²) in [5, 5.41) is 0. The fourth-order valence-corrected chi connectivity index (χ4v) is 1.76. The minimum Gasteiger partial charge on any atom is -0.380 e. The first-order valence-electron chi connectivity index (χ1n) is 5.81. The molecule has 0 heterocycles. The van der Waals surface area contributed by atoms with Gasteiger partial charge in [-0.25, -0.2) is 0 Å². The summed E-state index contributed by atoms with van der Waals surface area (Å²) in [6.45, 7) is 11.0. The molecule has 0 aromatic carbocycles. The minimum atomic E-state index is 0.630. The minimum absolute atomic E-state index is 0.630. The van der Waals surface area contributed by atoms with Crippen molar-refractivity contribution in [1.82, 2.24) is 4.90 Å². The maximum Gasteiger partial charge on any atom is 0.0593 e. The van der Waals surface area contributed by atoms with Gasteiger partial charge < -0.3 is 10.5 Å². The van der Waals surface area contributed by atoms with E-state index < -0.39 is 0 Å². The van der Waals surface area contributed by atoms with Crippen LogP contribution in [0.5, 0.6) is 0 Å². The van der Waals surface area contributed by atoms with E-state index in [1.54, 1.807) is 0 Å². The molecule has 14 heavy (non-hydrogen) atoms. The second-order valence-electron chi connectivity index (χ2n) is 3.46. The molecule has 0 aliphatic heterocycles. The maximum atomic E-state index is 5.59. The highest BCUT2D eigenvalue weighted by molar-refractivity contribution is 4.69. The van der Waals surface area contributed by atoms with E-state index in [1.807, 2.05) is 6.92 Å². The van der Waals surface area contributed by atoms with Crippen LogP contribution in [-0.4, -0.2) is 43.8 Å². The molecule has 1 atom stereocenters. The van der Waals surface area contributed by atoms with E-state index in [-0.39, 0.29) is 0 Å². The average molecular weight is 202 g/mol. The fourth-order valence-electron chi connectivity index (χ4n) is 1.76. The highest BCUT2D eigenvalue weighted by atomic mass is 16.5. The van der Waals surface area contributed by atoms with Gasteiger partial charge in [0.1, 0.15) is 0 Å². The first-order valence-corrected chi connectivity index (χ1v) is 5.81. The third kappa shape index (κ3) is 5.58. The van der Waals surface area contributed by atoms with Crippen LogP contribution in [0.3, 0.4) is 0 Å². The fraction of sp³-hybridized carbons (Fsp3) is 1.00. The molecule has 0 aliphatic rings. The quantitative estimate of drug-likeness (QED) is 0.575. The average Bonchev–Trinajstić information content (AvgIpc) is 2.22. The molecule has 3 nitrogen and oxygen atoms in total. The van der Waals surface area contributed by atoms with Gasteiger partial charge in [0.15, 0.2) is 0 Å². The van der Waals surface area contributed by atoms with Crippen molar-refractivity contribution >= 4 is 0 Å². The molecule has 0 saturated carbocycles. The zero-order chi connectivity index (χ0) is 10.8. The van der Waals surface area contributed by atoms with Crippen LogP contribution in [0.15, 0.2) is 0 Å². The second-order valence-corrected chi connectivity index (χ2v) is 3.46. The zero-order valence-electron chi connectivity index (χ0n) is 9.96. The van der Waals surface area contributed by atoms with Crippen LogP contribution in [0.4, 0.5) is 0 Å². The summed E-state index contributed by atoms with van der Waals surface area (Å²) >= 11 is 0. The van der Waals surface area contributed by atoms with Crippen molar-refractivity contribution in [3.63, 3.8) is 0 Å². The summed E-state index contributed by atoms with van der Waals surface area (Å²) in [6, 6.07) is 0.630. The number of nitrogens with two attached hydrogens (primary N) is 1. The predicted octanol–water partition coefficient (Wildman–Crippen LogP) is 1.47. The van der Waals surface area contributed by atoms with E-state index in [0.717, 1.165) is 39.3 Å². The first-order chi connectivity index (χ1) is 6.79. The van der Waals surface area contributed by atoms with Crippen LogP contribution in [0.2, 0.25) is 0 Å². The summed E-state index contributed by atoms with van der Waals surface area (Å²) in [5.41, 5.74) is 5.59. The molecule has 3 heteroatoms. The van der Waals surface area contributed by atoms with E-state index in [9.17, 15) is 0 Å². The summed E-state index contributed by atoms with van der Waals surface area (Å²) < 4.78 is 5.37. The molecule has 1 unspecified atom stereocenters. The highest BCUT2D eigenvalue weighted by Crippen LogP contribution is 2.07. The normalized spacial score (nSPS) is 13.5. The SMILES string of the molecule is CCOCCN(CC)C(CC)CCN. The number of hydrogen-bond acceptors (Lipinski definition) is 3. The third-order valence-electron chi connectivity index (χ3n) is 2.62. The van der Waals surface area contributed by atoms with Crippen molar-refractivity contribution in [2.24, 2.45) is 5.73 Å². The summed E-state index contributed by atoms with van der Waals surface area (Å²) in [7, 11) is 0. The second kappa shape index (κ2) is 9.44. The lowest BCUT2D eigenvalue weighted by Crippen LogP contribution is -2.38. The van der Waals surface area contributed by atoms with Gasteiger partial charge in [-0.1, -0.05) is 13.8 Å². The van der Waals surface area contributed by atoms with Crippen LogP contribution >= 0.6 is 0 Å². The smallest absolute Gasteiger partial charge is 0.0593 e. The Morgan fingerprint density at radius 3 is 2.43 bits per heavy atom. The van der Waals surface area contributed by atoms with E-state index in [0.29, 0.717) is 6.04 Å². The molecule has 0 spiro atoms. The molecule has 0 radical (unpaired) electrons. The van der Waals surface area contributed by atoms with E-state index >= 15 is 0 Å². The summed E-state index contributed by atoms with van der Waals surface area (Å²) in [6.07, 6.45) is 2.27. The topological polar surface area (TPSA) is 38.5 Å². The molecule has 86 valence electrons. The lowest BCUT2D eigenvalue weighted by atomic mass is 10.1. The lowest BCUT2D eigenvalue weighted by Gasteiger charge is -2.29. The molecular weight excluding hydrogens is 176 g/mol. The van der Waals surface area contributed by atoms with E-state index in [4.69, 9.17) is 10.5 Å². The van der Waals surface area contributed by atoms with Gasteiger partial charge in [0.25, 0.3) is 0 Å². The standard InChI is InChI=1S/C11H26N2O/c1-4-11(7-8-12)13(5-2)9-10-14-6-3/h11H,4-10,12H2,1-3H3. The zero-order valence-corrected chi connectivity index (χ0v) is 9.96. The van der Waals surface area contributed by atoms with Crippen LogP contribution in [0.1, 0.15) is 33.6 Å². The van der Waals surface area contributed by atoms with Crippen LogP contribution in [-0.2, 0) is 4.74 Å². The molecule has 0 fully saturated rings. The number of ether oxygens (including phenoxy) is 1. The molecular formula is C11H26N2O. The third-order valence-corrected chi connectivity index (χ3v) is 2.62. The molecule has 0 aliphatic carbocycles. The Balaban J connectivity index is 3.81. The van der Waals surface area contributed by atoms with E-state index in [2.05, 4.69) is 18.7 Å². The van der Waals surface area contributed by atoms with Crippen LogP contribution in [0.25, 0.3) is 0 Å². The largest absolute Gasteiger partial charge is 0.380 e. The Labute approximate surface area is 88.6 Å². The monoisotopic (exact) mass is 202 g/mol. The van der Waals surface area contributed by atoms with Gasteiger partial charge >= 0.3 is 0 Å². The Kier molecular flexibility index (Phi) is 9.35. The van der Waals surface area contributed by atoms with E-state index in [1.165, 1.54) is 6.42 Å². The Morgan fingerprint density at radius 1 is 1.29 bits per heavy atom. The number of likely N-dealkylation sites (N-methyl/N-ethyl adjacent to an activating group) is 1. The molecule has 0 bridgehead atoms. The van der Waals surface area contributed by atoms with Gasteiger partial charge in [-0.05, 0) is 32.9 Å². The predicted molar refractivity (Wildman–Crippen MR) is 61.5 cm³/mol. The molecule has 0 saturated heterocycles. The van der Waals surface area contributed by atoms with Gasteiger partial charge in [-0.3, -0.25) is 4.90 Å². The van der Waals surface area contributed by atoms with Crippen LogP contribution < -0.4 is 5.73 Å². The van der Waals surface area contributed by atoms with Crippen molar-refractivity contribution in [3.8, 4) is 0 Å². The Hall–Kier alpha value is -0.120. The first kappa shape index (κ1) is 13.9. The van der Waals surface area contributed by atoms with Crippen molar-refractivity contribution in [3.05, 3.63) is 0 Å². The van der Waals surface area contributed by atoms with Crippen molar-refractivity contribution in [2.45, 2.75) is 39.7 Å². The number of hydrogen-bond donors (Lipinski definition) is 1. The molecule has 0 rings (SSSR count). The van der Waals surface area contributed by atoms with Gasteiger partial charge in [0.2, 0.25) is 0 Å². The highest BCUT2D eigenvalue weighted by Gasteiger charge is 2.13. The summed E-state index contributed by atoms with van der Waals surface area (Å²) in [4.78, 5) is 2.46. The Morgan fingerprint density at radius 2 is 2.00 bits per heavy atom. The Bertz CT molecular complexity index is 120. The maximum absolute atomic E-state index is 5.59. The number of rotatable bonds is 9. The van der Waals surface area contributed by atoms with Gasteiger partial charge in [0.05, 0.1) is 6.61 Å². The number of nitrogens with zero attached hydrogens (tertiary/aromatic N) is 1. The van der Waals surface area contributed by atoms with Crippen molar-refractivity contribution < 1.29 is 4.74 Å². The van der Waals surface area contributed by atoms with Crippen molar-refractivity contribution in [2.75, 3.05) is 32.8 Å². The summed E-state index contributed by atoms with van der Waals surface area (Å²) in [5.74, 6) is 0. The van der Waals surface area contributed by atoms with Gasteiger partial charge in [0, 0.05) is 19.2 Å². The van der Waals surface area contributed by atoms with Crippen LogP contribution in [0, 0.1) is 0 Å². The van der Waals surface area contributed by atoms with Gasteiger partial charge in [-0.15, -0.1) is 0 Å². The van der Waals surface area contributed by atoms with Gasteiger partial charge in [-0.2, -0.15) is 0 Å². The van der Waals surface area contributed by atoms with Crippen molar-refractivity contribution in [1.29, 1.82) is 0 Å². The lowest BCUT2D eigenvalue weighted by molar-refractivity contribution is 0.0936. The molecule has 2 N–H and O–H groups in total. The molecule has 0 aromatic heterocycles.